The lowest BCUT2D eigenvalue weighted by atomic mass is 10.1. The molecule has 0 spiro atoms. The molecule has 0 bridgehead atoms. The zero-order chi connectivity index (χ0) is 28.4. The third-order valence-electron chi connectivity index (χ3n) is 7.57. The number of carbonyl (C=O) groups is 1. The van der Waals surface area contributed by atoms with E-state index in [9.17, 15) is 4.79 Å². The number of rotatable bonds is 14. The average Bonchev–Trinajstić information content (AvgIpc) is 3.83. The molecule has 2 fully saturated rings. The molecule has 9 nitrogen and oxygen atoms in total. The van der Waals surface area contributed by atoms with E-state index >= 15 is 0 Å². The van der Waals surface area contributed by atoms with Gasteiger partial charge in [-0.25, -0.2) is 9.97 Å². The number of aromatic nitrogens is 3. The van der Waals surface area contributed by atoms with Gasteiger partial charge in [0, 0.05) is 43.9 Å². The first-order valence-corrected chi connectivity index (χ1v) is 18.1. The summed E-state index contributed by atoms with van der Waals surface area (Å²) in [6, 6.07) is 6.87. The Kier molecular flexibility index (Phi) is 8.49. The zero-order valence-electron chi connectivity index (χ0n) is 24.7. The van der Waals surface area contributed by atoms with Gasteiger partial charge in [0.2, 0.25) is 11.8 Å². The summed E-state index contributed by atoms with van der Waals surface area (Å²) in [7, 11) is 4.54. The highest BCUT2D eigenvalue weighted by molar-refractivity contribution is 6.76. The van der Waals surface area contributed by atoms with E-state index in [-0.39, 0.29) is 17.9 Å². The molecule has 2 unspecified atom stereocenters. The lowest BCUT2D eigenvalue weighted by Crippen LogP contribution is -2.22. The summed E-state index contributed by atoms with van der Waals surface area (Å²) in [6.45, 7) is 9.09. The van der Waals surface area contributed by atoms with Crippen molar-refractivity contribution in [3.05, 3.63) is 30.6 Å². The minimum Gasteiger partial charge on any atom is -0.490 e. The van der Waals surface area contributed by atoms with Gasteiger partial charge in [0.1, 0.15) is 23.9 Å². The summed E-state index contributed by atoms with van der Waals surface area (Å²) < 4.78 is 20.1. The average molecular weight is 566 g/mol. The molecule has 1 amide bonds. The molecule has 3 heterocycles. The highest BCUT2D eigenvalue weighted by atomic mass is 28.3. The lowest BCUT2D eigenvalue weighted by molar-refractivity contribution is -0.117. The van der Waals surface area contributed by atoms with Crippen LogP contribution in [0, 0.1) is 11.8 Å². The molecule has 2 aliphatic carbocycles. The van der Waals surface area contributed by atoms with Crippen LogP contribution in [0.25, 0.3) is 22.2 Å². The van der Waals surface area contributed by atoms with Gasteiger partial charge in [0.05, 0.1) is 18.8 Å². The Balaban J connectivity index is 1.44. The third-order valence-corrected chi connectivity index (χ3v) is 9.27. The predicted octanol–water partition coefficient (Wildman–Crippen LogP) is 5.49. The third kappa shape index (κ3) is 7.02. The van der Waals surface area contributed by atoms with Crippen LogP contribution in [0.15, 0.2) is 30.6 Å². The fourth-order valence-electron chi connectivity index (χ4n) is 4.90. The molecule has 2 aliphatic rings. The number of methoxy groups -OCH3 is 1. The van der Waals surface area contributed by atoms with Crippen molar-refractivity contribution < 1.29 is 19.0 Å². The molecule has 3 aromatic heterocycles. The second kappa shape index (κ2) is 11.9. The molecule has 0 aromatic carbocycles. The van der Waals surface area contributed by atoms with Crippen LogP contribution in [-0.4, -0.2) is 73.9 Å². The van der Waals surface area contributed by atoms with Crippen molar-refractivity contribution in [1.82, 2.24) is 19.4 Å². The first-order valence-electron chi connectivity index (χ1n) is 14.4. The van der Waals surface area contributed by atoms with Crippen molar-refractivity contribution in [2.75, 3.05) is 39.7 Å². The highest BCUT2D eigenvalue weighted by Gasteiger charge is 2.42. The van der Waals surface area contributed by atoms with Crippen molar-refractivity contribution in [1.29, 1.82) is 0 Å². The Morgan fingerprint density at radius 2 is 2.00 bits per heavy atom. The number of carbonyl (C=O) groups excluding carboxylic acids is 1. The monoisotopic (exact) mass is 565 g/mol. The van der Waals surface area contributed by atoms with Crippen molar-refractivity contribution in [3.63, 3.8) is 0 Å². The highest BCUT2D eigenvalue weighted by Crippen LogP contribution is 2.44. The van der Waals surface area contributed by atoms with Gasteiger partial charge < -0.3 is 29.0 Å². The molecule has 40 heavy (non-hydrogen) atoms. The van der Waals surface area contributed by atoms with Gasteiger partial charge >= 0.3 is 0 Å². The minimum absolute atomic E-state index is 0.0503. The van der Waals surface area contributed by atoms with Gasteiger partial charge in [-0.2, -0.15) is 0 Å². The largest absolute Gasteiger partial charge is 0.490 e. The van der Waals surface area contributed by atoms with Crippen molar-refractivity contribution in [3.8, 4) is 22.8 Å². The number of hydrogen-bond acceptors (Lipinski definition) is 7. The predicted molar refractivity (Wildman–Crippen MR) is 161 cm³/mol. The summed E-state index contributed by atoms with van der Waals surface area (Å²) in [5.41, 5.74) is 2.47. The second-order valence-corrected chi connectivity index (χ2v) is 18.2. The minimum atomic E-state index is -1.22. The number of ether oxygens (including phenoxy) is 3. The van der Waals surface area contributed by atoms with Crippen LogP contribution < -0.4 is 14.8 Å². The van der Waals surface area contributed by atoms with Gasteiger partial charge in [0.15, 0.2) is 0 Å². The molecule has 10 heteroatoms. The summed E-state index contributed by atoms with van der Waals surface area (Å²) in [5.74, 6) is 2.37. The van der Waals surface area contributed by atoms with Crippen LogP contribution in [0.5, 0.6) is 11.6 Å². The summed E-state index contributed by atoms with van der Waals surface area (Å²) in [6.07, 6.45) is 8.07. The first kappa shape index (κ1) is 28.6. The van der Waals surface area contributed by atoms with E-state index in [1.807, 2.05) is 29.0 Å². The van der Waals surface area contributed by atoms with Gasteiger partial charge in [0.25, 0.3) is 0 Å². The van der Waals surface area contributed by atoms with Crippen LogP contribution in [0.2, 0.25) is 25.7 Å². The normalized spacial score (nSPS) is 18.8. The van der Waals surface area contributed by atoms with Crippen LogP contribution in [0.4, 0.5) is 5.82 Å². The molecule has 0 radical (unpaired) electrons. The molecule has 216 valence electrons. The maximum Gasteiger partial charge on any atom is 0.228 e. The number of pyridine rings is 2. The van der Waals surface area contributed by atoms with Crippen molar-refractivity contribution in [2.24, 2.45) is 11.8 Å². The standard InChI is InChI=1S/C30H43N5O4Si/c1-34(2)14-12-20-17-23(20)29(36)33-26-10-9-22-24(18-35(28(22)32-26)19-38-15-16-40(4,5)6)27-25(39-21-7-8-21)11-13-31-30(27)37-3/h9-11,13,18,20-21,23H,7-8,12,14-17,19H2,1-6H3,(H,32,33,36). The Labute approximate surface area is 238 Å². The summed E-state index contributed by atoms with van der Waals surface area (Å²) in [5, 5.41) is 4.00. The Morgan fingerprint density at radius 1 is 1.20 bits per heavy atom. The molecule has 2 saturated carbocycles. The lowest BCUT2D eigenvalue weighted by Gasteiger charge is -2.15. The van der Waals surface area contributed by atoms with Gasteiger partial charge in [-0.05, 0) is 76.5 Å². The number of nitrogens with zero attached hydrogens (tertiary/aromatic N) is 4. The Bertz CT molecular complexity index is 1350. The summed E-state index contributed by atoms with van der Waals surface area (Å²) >= 11 is 0. The van der Waals surface area contributed by atoms with E-state index in [0.29, 0.717) is 31.0 Å². The zero-order valence-corrected chi connectivity index (χ0v) is 25.7. The smallest absolute Gasteiger partial charge is 0.228 e. The topological polar surface area (TPSA) is 90.7 Å². The van der Waals surface area contributed by atoms with E-state index in [1.54, 1.807) is 13.3 Å². The fourth-order valence-corrected chi connectivity index (χ4v) is 5.65. The van der Waals surface area contributed by atoms with Crippen molar-refractivity contribution in [2.45, 2.75) is 64.2 Å². The number of nitrogens with one attached hydrogen (secondary N) is 1. The molecule has 5 rings (SSSR count). The number of hydrogen-bond donors (Lipinski definition) is 1. The Hall–Kier alpha value is -2.95. The fraction of sp³-hybridized carbons (Fsp3) is 0.567. The molecule has 2 atom stereocenters. The number of amides is 1. The van der Waals surface area contributed by atoms with Gasteiger partial charge in [-0.1, -0.05) is 19.6 Å². The van der Waals surface area contributed by atoms with Gasteiger partial charge in [-0.15, -0.1) is 0 Å². The Morgan fingerprint density at radius 3 is 2.70 bits per heavy atom. The molecule has 3 aromatic rings. The SMILES string of the molecule is COc1nccc(OC2CC2)c1-c1cn(COCC[Si](C)(C)C)c2nc(NC(=O)C3CC3CCN(C)C)ccc12. The molecule has 0 saturated heterocycles. The molecular formula is C30H43N5O4Si. The maximum absolute atomic E-state index is 13.0. The number of anilines is 1. The van der Waals surface area contributed by atoms with Crippen LogP contribution in [0.3, 0.4) is 0 Å². The number of fused-ring (bicyclic) bond motifs is 1. The quantitative estimate of drug-likeness (QED) is 0.204. The van der Waals surface area contributed by atoms with E-state index in [4.69, 9.17) is 19.2 Å². The van der Waals surface area contributed by atoms with Crippen LogP contribution >= 0.6 is 0 Å². The van der Waals surface area contributed by atoms with E-state index in [1.165, 1.54) is 0 Å². The van der Waals surface area contributed by atoms with E-state index in [2.05, 4.69) is 48.9 Å². The van der Waals surface area contributed by atoms with E-state index < -0.39 is 8.07 Å². The summed E-state index contributed by atoms with van der Waals surface area (Å²) in [4.78, 5) is 24.5. The van der Waals surface area contributed by atoms with E-state index in [0.717, 1.165) is 66.2 Å². The maximum atomic E-state index is 13.0. The van der Waals surface area contributed by atoms with Crippen LogP contribution in [-0.2, 0) is 16.3 Å². The molecule has 0 aliphatic heterocycles. The van der Waals surface area contributed by atoms with Crippen LogP contribution in [0.1, 0.15) is 25.7 Å². The first-order chi connectivity index (χ1) is 19.1. The molecular weight excluding hydrogens is 522 g/mol. The van der Waals surface area contributed by atoms with Crippen molar-refractivity contribution >= 4 is 30.8 Å². The molecule has 1 N–H and O–H groups in total. The second-order valence-electron chi connectivity index (χ2n) is 12.6. The van der Waals surface area contributed by atoms with Gasteiger partial charge in [-0.3, -0.25) is 4.79 Å².